The number of carbonyl (C=O) groups is 1. The maximum atomic E-state index is 12.0. The molecule has 0 bridgehead atoms. The van der Waals surface area contributed by atoms with Crippen LogP contribution in [0.4, 0.5) is 0 Å². The fraction of sp³-hybridized carbons (Fsp3) is 0.667. The van der Waals surface area contributed by atoms with Crippen molar-refractivity contribution in [2.24, 2.45) is 5.73 Å². The van der Waals surface area contributed by atoms with Gasteiger partial charge in [-0.15, -0.1) is 0 Å². The Morgan fingerprint density at radius 1 is 1.53 bits per heavy atom. The van der Waals surface area contributed by atoms with Crippen molar-refractivity contribution in [3.05, 3.63) is 23.5 Å². The first kappa shape index (κ1) is 14.1. The van der Waals surface area contributed by atoms with Gasteiger partial charge in [0.15, 0.2) is 0 Å². The summed E-state index contributed by atoms with van der Waals surface area (Å²) in [5, 5.41) is 3.05. The minimum Gasteiger partial charge on any atom is -0.350 e. The summed E-state index contributed by atoms with van der Waals surface area (Å²) < 4.78 is 1.97. The minimum absolute atomic E-state index is 0.0627. The van der Waals surface area contributed by atoms with Crippen LogP contribution in [0.15, 0.2) is 12.4 Å². The normalized spacial score (nSPS) is 19.1. The van der Waals surface area contributed by atoms with Gasteiger partial charge in [0.2, 0.25) is 5.91 Å². The number of amides is 1. The van der Waals surface area contributed by atoms with Gasteiger partial charge < -0.3 is 15.6 Å². The van der Waals surface area contributed by atoms with Crippen molar-refractivity contribution >= 4 is 5.91 Å². The summed E-state index contributed by atoms with van der Waals surface area (Å²) in [6.07, 6.45) is 8.31. The number of fused-ring (bicyclic) bond motifs is 1. The molecule has 106 valence electrons. The first-order chi connectivity index (χ1) is 8.91. The highest BCUT2D eigenvalue weighted by atomic mass is 16.2. The average molecular weight is 263 g/mol. The molecule has 1 amide bonds. The fourth-order valence-corrected chi connectivity index (χ4v) is 2.55. The molecule has 1 aromatic heterocycles. The molecule has 4 heteroatoms. The molecule has 4 nitrogen and oxygen atoms in total. The summed E-state index contributed by atoms with van der Waals surface area (Å²) in [5.74, 6) is 0.0627. The Labute approximate surface area is 115 Å². The smallest absolute Gasteiger partial charge is 0.240 e. The Balaban J connectivity index is 2.02. The van der Waals surface area contributed by atoms with E-state index >= 15 is 0 Å². The van der Waals surface area contributed by atoms with E-state index in [2.05, 4.69) is 18.4 Å². The number of aryl methyl sites for hydroxylation is 1. The summed E-state index contributed by atoms with van der Waals surface area (Å²) in [4.78, 5) is 12.0. The number of nitrogens with two attached hydrogens (primary N) is 1. The second-order valence-electron chi connectivity index (χ2n) is 6.20. The number of aromatic nitrogens is 1. The largest absolute Gasteiger partial charge is 0.350 e. The van der Waals surface area contributed by atoms with E-state index in [0.717, 1.165) is 25.7 Å². The van der Waals surface area contributed by atoms with E-state index in [1.54, 1.807) is 0 Å². The lowest BCUT2D eigenvalue weighted by atomic mass is 9.92. The summed E-state index contributed by atoms with van der Waals surface area (Å²) >= 11 is 0. The van der Waals surface area contributed by atoms with Crippen molar-refractivity contribution in [2.75, 3.05) is 0 Å². The number of hydrogen-bond donors (Lipinski definition) is 2. The highest BCUT2D eigenvalue weighted by molar-refractivity contribution is 5.76. The van der Waals surface area contributed by atoms with Crippen molar-refractivity contribution in [3.8, 4) is 0 Å². The molecule has 1 atom stereocenters. The van der Waals surface area contributed by atoms with Crippen molar-refractivity contribution < 1.29 is 4.79 Å². The van der Waals surface area contributed by atoms with Crippen LogP contribution in [0.3, 0.4) is 0 Å². The van der Waals surface area contributed by atoms with Crippen molar-refractivity contribution in [2.45, 2.75) is 64.6 Å². The summed E-state index contributed by atoms with van der Waals surface area (Å²) in [6.45, 7) is 6.54. The topological polar surface area (TPSA) is 60.0 Å². The lowest BCUT2D eigenvalue weighted by Crippen LogP contribution is -2.44. The summed E-state index contributed by atoms with van der Waals surface area (Å²) in [7, 11) is 0. The zero-order valence-electron chi connectivity index (χ0n) is 12.2. The van der Waals surface area contributed by atoms with Gasteiger partial charge in [-0.05, 0) is 50.7 Å². The highest BCUT2D eigenvalue weighted by Crippen LogP contribution is 2.28. The predicted octanol–water partition coefficient (Wildman–Crippen LogP) is 2.13. The van der Waals surface area contributed by atoms with Gasteiger partial charge in [-0.1, -0.05) is 6.92 Å². The lowest BCUT2D eigenvalue weighted by molar-refractivity contribution is -0.123. The van der Waals surface area contributed by atoms with Gasteiger partial charge in [-0.3, -0.25) is 4.79 Å². The summed E-state index contributed by atoms with van der Waals surface area (Å²) in [6, 6.07) is 0.139. The monoisotopic (exact) mass is 263 g/mol. The van der Waals surface area contributed by atoms with Gasteiger partial charge in [-0.25, -0.2) is 0 Å². The van der Waals surface area contributed by atoms with E-state index in [1.807, 2.05) is 24.6 Å². The molecular formula is C15H25N3O. The number of hydrogen-bond acceptors (Lipinski definition) is 2. The standard InChI is InChI=1S/C15H25N3O/c1-4-15(2,3)17-14(19)10-18-8-11-6-5-7-13(16)12(11)9-18/h8-9,13H,4-7,10,16H2,1-3H3,(H,17,19). The molecule has 0 fully saturated rings. The van der Waals surface area contributed by atoms with Gasteiger partial charge in [0.1, 0.15) is 6.54 Å². The van der Waals surface area contributed by atoms with E-state index in [1.165, 1.54) is 11.1 Å². The zero-order chi connectivity index (χ0) is 14.0. The first-order valence-electron chi connectivity index (χ1n) is 7.16. The fourth-order valence-electron chi connectivity index (χ4n) is 2.55. The molecule has 0 radical (unpaired) electrons. The molecule has 1 heterocycles. The van der Waals surface area contributed by atoms with E-state index in [-0.39, 0.29) is 17.5 Å². The molecule has 0 saturated carbocycles. The molecule has 0 aliphatic heterocycles. The van der Waals surface area contributed by atoms with Gasteiger partial charge >= 0.3 is 0 Å². The lowest BCUT2D eigenvalue weighted by Gasteiger charge is -2.24. The van der Waals surface area contributed by atoms with Crippen molar-refractivity contribution in [1.82, 2.24) is 9.88 Å². The Hall–Kier alpha value is -1.29. The van der Waals surface area contributed by atoms with Crippen LogP contribution >= 0.6 is 0 Å². The average Bonchev–Trinajstić information content (AvgIpc) is 2.72. The molecule has 1 aliphatic carbocycles. The second kappa shape index (κ2) is 5.37. The van der Waals surface area contributed by atoms with Crippen LogP contribution in [0, 0.1) is 0 Å². The predicted molar refractivity (Wildman–Crippen MR) is 76.8 cm³/mol. The van der Waals surface area contributed by atoms with Crippen LogP contribution in [-0.4, -0.2) is 16.0 Å². The zero-order valence-corrected chi connectivity index (χ0v) is 12.2. The van der Waals surface area contributed by atoms with Gasteiger partial charge in [0.05, 0.1) is 0 Å². The molecule has 0 saturated heterocycles. The summed E-state index contributed by atoms with van der Waals surface area (Å²) in [5.41, 5.74) is 8.48. The van der Waals surface area contributed by atoms with Crippen molar-refractivity contribution in [1.29, 1.82) is 0 Å². The number of nitrogens with one attached hydrogen (secondary N) is 1. The number of nitrogens with zero attached hydrogens (tertiary/aromatic N) is 1. The van der Waals surface area contributed by atoms with E-state index in [4.69, 9.17) is 5.73 Å². The van der Waals surface area contributed by atoms with Crippen LogP contribution in [0.1, 0.15) is 57.2 Å². The number of rotatable bonds is 4. The van der Waals surface area contributed by atoms with Crippen LogP contribution in [0.2, 0.25) is 0 Å². The van der Waals surface area contributed by atoms with Crippen LogP contribution in [-0.2, 0) is 17.8 Å². The van der Waals surface area contributed by atoms with Gasteiger partial charge in [0.25, 0.3) is 0 Å². The minimum atomic E-state index is -0.139. The Kier molecular flexibility index (Phi) is 3.99. The molecular weight excluding hydrogens is 238 g/mol. The third kappa shape index (κ3) is 3.38. The SMILES string of the molecule is CCC(C)(C)NC(=O)Cn1cc2c(c1)C(N)CCC2. The molecule has 19 heavy (non-hydrogen) atoms. The van der Waals surface area contributed by atoms with E-state index in [0.29, 0.717) is 6.54 Å². The molecule has 2 rings (SSSR count). The third-order valence-electron chi connectivity index (χ3n) is 4.05. The quantitative estimate of drug-likeness (QED) is 0.874. The number of carbonyl (C=O) groups excluding carboxylic acids is 1. The van der Waals surface area contributed by atoms with Gasteiger partial charge in [0, 0.05) is 24.0 Å². The molecule has 1 unspecified atom stereocenters. The van der Waals surface area contributed by atoms with Crippen LogP contribution in [0.25, 0.3) is 0 Å². The van der Waals surface area contributed by atoms with E-state index < -0.39 is 0 Å². The maximum Gasteiger partial charge on any atom is 0.240 e. The Bertz CT molecular complexity index is 462. The molecule has 3 N–H and O–H groups in total. The van der Waals surface area contributed by atoms with Crippen molar-refractivity contribution in [3.63, 3.8) is 0 Å². The third-order valence-corrected chi connectivity index (χ3v) is 4.05. The molecule has 1 aromatic rings. The van der Waals surface area contributed by atoms with Crippen LogP contribution < -0.4 is 11.1 Å². The molecule has 1 aliphatic rings. The molecule has 0 aromatic carbocycles. The maximum absolute atomic E-state index is 12.0. The van der Waals surface area contributed by atoms with E-state index in [9.17, 15) is 4.79 Å². The highest BCUT2D eigenvalue weighted by Gasteiger charge is 2.21. The molecule has 0 spiro atoms. The van der Waals surface area contributed by atoms with Crippen LogP contribution in [0.5, 0.6) is 0 Å². The first-order valence-corrected chi connectivity index (χ1v) is 7.16. The Morgan fingerprint density at radius 3 is 2.89 bits per heavy atom. The second-order valence-corrected chi connectivity index (χ2v) is 6.20. The van der Waals surface area contributed by atoms with Gasteiger partial charge in [-0.2, -0.15) is 0 Å². The Morgan fingerprint density at radius 2 is 2.26 bits per heavy atom.